The van der Waals surface area contributed by atoms with Gasteiger partial charge < -0.3 is 4.90 Å². The summed E-state index contributed by atoms with van der Waals surface area (Å²) in [5.41, 5.74) is 15.3. The van der Waals surface area contributed by atoms with Crippen LogP contribution in [-0.4, -0.2) is 0 Å². The number of rotatable bonds is 8. The van der Waals surface area contributed by atoms with E-state index in [2.05, 4.69) is 241 Å². The zero-order chi connectivity index (χ0) is 38.0. The molecule has 1 heteroatoms. The molecular weight excluding hydrogens is 687 g/mol. The third kappa shape index (κ3) is 6.66. The zero-order valence-corrected chi connectivity index (χ0v) is 31.5. The molecule has 0 radical (unpaired) electrons. The minimum absolute atomic E-state index is 1.09. The van der Waals surface area contributed by atoms with Crippen molar-refractivity contribution in [2.24, 2.45) is 0 Å². The molecule has 0 saturated carbocycles. The quantitative estimate of drug-likeness (QED) is 0.151. The lowest BCUT2D eigenvalue weighted by Gasteiger charge is -2.29. The molecule has 0 aliphatic carbocycles. The van der Waals surface area contributed by atoms with Gasteiger partial charge in [0.05, 0.1) is 5.69 Å². The predicted octanol–water partition coefficient (Wildman–Crippen LogP) is 15.8. The minimum atomic E-state index is 1.09. The highest BCUT2D eigenvalue weighted by Crippen LogP contribution is 2.45. The highest BCUT2D eigenvalue weighted by molar-refractivity contribution is 6.04. The molecule has 0 aliphatic rings. The van der Waals surface area contributed by atoms with Crippen LogP contribution in [0.25, 0.3) is 77.2 Å². The molecular formula is C56H39N. The monoisotopic (exact) mass is 725 g/mol. The molecule has 57 heavy (non-hydrogen) atoms. The van der Waals surface area contributed by atoms with Crippen molar-refractivity contribution in [3.8, 4) is 55.6 Å². The molecule has 0 saturated heterocycles. The molecule has 0 atom stereocenters. The van der Waals surface area contributed by atoms with Gasteiger partial charge in [-0.1, -0.05) is 194 Å². The van der Waals surface area contributed by atoms with Gasteiger partial charge in [0.25, 0.3) is 0 Å². The van der Waals surface area contributed by atoms with E-state index in [0.717, 1.165) is 17.1 Å². The van der Waals surface area contributed by atoms with Crippen LogP contribution < -0.4 is 4.90 Å². The van der Waals surface area contributed by atoms with Crippen LogP contribution >= 0.6 is 0 Å². The van der Waals surface area contributed by atoms with Gasteiger partial charge in [-0.25, -0.2) is 0 Å². The van der Waals surface area contributed by atoms with Crippen molar-refractivity contribution >= 4 is 38.6 Å². The molecule has 0 heterocycles. The summed E-state index contributed by atoms with van der Waals surface area (Å²) in [4.78, 5) is 2.41. The lowest BCUT2D eigenvalue weighted by atomic mass is 9.89. The Morgan fingerprint density at radius 3 is 1.37 bits per heavy atom. The maximum Gasteiger partial charge on any atom is 0.0540 e. The van der Waals surface area contributed by atoms with Crippen molar-refractivity contribution in [2.45, 2.75) is 0 Å². The van der Waals surface area contributed by atoms with Gasteiger partial charge in [-0.3, -0.25) is 0 Å². The number of fused-ring (bicyclic) bond motifs is 2. The van der Waals surface area contributed by atoms with Gasteiger partial charge in [-0.05, 0) is 114 Å². The first-order valence-electron chi connectivity index (χ1n) is 19.6. The molecule has 1 nitrogen and oxygen atoms in total. The molecule has 268 valence electrons. The summed E-state index contributed by atoms with van der Waals surface area (Å²) >= 11 is 0. The van der Waals surface area contributed by atoms with Crippen molar-refractivity contribution in [1.29, 1.82) is 0 Å². The molecule has 0 fully saturated rings. The Hall–Kier alpha value is -7.48. The smallest absolute Gasteiger partial charge is 0.0540 e. The van der Waals surface area contributed by atoms with Crippen LogP contribution in [0.3, 0.4) is 0 Å². The summed E-state index contributed by atoms with van der Waals surface area (Å²) in [6.45, 7) is 0. The van der Waals surface area contributed by atoms with Crippen LogP contribution in [0.5, 0.6) is 0 Å². The lowest BCUT2D eigenvalue weighted by molar-refractivity contribution is 1.28. The Bertz CT molecular complexity index is 2970. The second-order valence-corrected chi connectivity index (χ2v) is 14.5. The van der Waals surface area contributed by atoms with Gasteiger partial charge in [0.2, 0.25) is 0 Å². The average molecular weight is 726 g/mol. The van der Waals surface area contributed by atoms with E-state index in [1.165, 1.54) is 77.2 Å². The first-order valence-corrected chi connectivity index (χ1v) is 19.6. The molecule has 0 unspecified atom stereocenters. The number of nitrogens with zero attached hydrogens (tertiary/aromatic N) is 1. The van der Waals surface area contributed by atoms with Crippen LogP contribution in [0.2, 0.25) is 0 Å². The predicted molar refractivity (Wildman–Crippen MR) is 243 cm³/mol. The van der Waals surface area contributed by atoms with Crippen LogP contribution in [0.1, 0.15) is 0 Å². The molecule has 0 aromatic heterocycles. The summed E-state index contributed by atoms with van der Waals surface area (Å²) in [5, 5.41) is 4.97. The molecule has 0 amide bonds. The number of benzene rings is 10. The Kier molecular flexibility index (Phi) is 8.95. The standard InChI is InChI=1S/C56H39N/c1-4-14-40(15-5-1)49-31-37-55(54(39-49)44-19-8-3-9-20-44)57(50-32-26-42(27-33-50)48-25-24-41-16-10-11-22-47(41)38-48)51-34-28-46(29-35-51)56-52-23-13-12-21-45(52)30-36-53(56)43-17-6-2-7-18-43/h1-39H. The van der Waals surface area contributed by atoms with E-state index < -0.39 is 0 Å². The lowest BCUT2D eigenvalue weighted by Crippen LogP contribution is -2.11. The fourth-order valence-corrected chi connectivity index (χ4v) is 8.21. The number of hydrogen-bond acceptors (Lipinski definition) is 1. The van der Waals surface area contributed by atoms with E-state index in [1.54, 1.807) is 0 Å². The third-order valence-electron chi connectivity index (χ3n) is 11.1. The summed E-state index contributed by atoms with van der Waals surface area (Å²) < 4.78 is 0. The first kappa shape index (κ1) is 34.0. The number of anilines is 3. The molecule has 10 aromatic carbocycles. The van der Waals surface area contributed by atoms with E-state index in [0.29, 0.717) is 0 Å². The molecule has 0 N–H and O–H groups in total. The van der Waals surface area contributed by atoms with Crippen LogP contribution in [0.15, 0.2) is 237 Å². The second kappa shape index (κ2) is 15.0. The normalized spacial score (nSPS) is 11.2. The maximum absolute atomic E-state index is 2.41. The summed E-state index contributed by atoms with van der Waals surface area (Å²) in [6.07, 6.45) is 0. The Morgan fingerprint density at radius 2 is 0.702 bits per heavy atom. The summed E-state index contributed by atoms with van der Waals surface area (Å²) in [6, 6.07) is 85.7. The fraction of sp³-hybridized carbons (Fsp3) is 0. The highest BCUT2D eigenvalue weighted by atomic mass is 15.1. The van der Waals surface area contributed by atoms with Crippen molar-refractivity contribution in [3.63, 3.8) is 0 Å². The topological polar surface area (TPSA) is 3.24 Å². The van der Waals surface area contributed by atoms with Crippen molar-refractivity contribution in [3.05, 3.63) is 237 Å². The van der Waals surface area contributed by atoms with E-state index >= 15 is 0 Å². The van der Waals surface area contributed by atoms with Crippen molar-refractivity contribution in [1.82, 2.24) is 0 Å². The molecule has 0 aliphatic heterocycles. The third-order valence-corrected chi connectivity index (χ3v) is 11.1. The van der Waals surface area contributed by atoms with Gasteiger partial charge >= 0.3 is 0 Å². The Labute approximate surface area is 334 Å². The van der Waals surface area contributed by atoms with Gasteiger partial charge in [0.15, 0.2) is 0 Å². The summed E-state index contributed by atoms with van der Waals surface area (Å²) in [5.74, 6) is 0. The van der Waals surface area contributed by atoms with Crippen LogP contribution in [0, 0.1) is 0 Å². The number of hydrogen-bond donors (Lipinski definition) is 0. The Morgan fingerprint density at radius 1 is 0.246 bits per heavy atom. The van der Waals surface area contributed by atoms with Crippen molar-refractivity contribution in [2.75, 3.05) is 4.90 Å². The van der Waals surface area contributed by atoms with E-state index in [9.17, 15) is 0 Å². The van der Waals surface area contributed by atoms with E-state index in [1.807, 2.05) is 0 Å². The molecule has 0 spiro atoms. The summed E-state index contributed by atoms with van der Waals surface area (Å²) in [7, 11) is 0. The fourth-order valence-electron chi connectivity index (χ4n) is 8.21. The molecule has 0 bridgehead atoms. The zero-order valence-electron chi connectivity index (χ0n) is 31.5. The van der Waals surface area contributed by atoms with E-state index in [-0.39, 0.29) is 0 Å². The maximum atomic E-state index is 2.41. The average Bonchev–Trinajstić information content (AvgIpc) is 3.30. The second-order valence-electron chi connectivity index (χ2n) is 14.5. The SMILES string of the molecule is c1ccc(-c2ccc(N(c3ccc(-c4ccc5ccccc5c4)cc3)c3ccc(-c4c(-c5ccccc5)ccc5ccccc45)cc3)c(-c3ccccc3)c2)cc1. The van der Waals surface area contributed by atoms with Gasteiger partial charge in [-0.2, -0.15) is 0 Å². The molecule has 10 rings (SSSR count). The van der Waals surface area contributed by atoms with Crippen molar-refractivity contribution < 1.29 is 0 Å². The van der Waals surface area contributed by atoms with Gasteiger partial charge in [0.1, 0.15) is 0 Å². The van der Waals surface area contributed by atoms with Gasteiger partial charge in [0, 0.05) is 16.9 Å². The minimum Gasteiger partial charge on any atom is -0.310 e. The largest absolute Gasteiger partial charge is 0.310 e. The van der Waals surface area contributed by atoms with Crippen LogP contribution in [0.4, 0.5) is 17.1 Å². The first-order chi connectivity index (χ1) is 28.3. The molecule has 10 aromatic rings. The van der Waals surface area contributed by atoms with Gasteiger partial charge in [-0.15, -0.1) is 0 Å². The van der Waals surface area contributed by atoms with E-state index in [4.69, 9.17) is 0 Å². The Balaban J connectivity index is 1.14. The van der Waals surface area contributed by atoms with Crippen LogP contribution in [-0.2, 0) is 0 Å². The highest BCUT2D eigenvalue weighted by Gasteiger charge is 2.20.